The summed E-state index contributed by atoms with van der Waals surface area (Å²) in [7, 11) is 0. The summed E-state index contributed by atoms with van der Waals surface area (Å²) in [6.45, 7) is 2.69. The molecular weight excluding hydrogens is 452 g/mol. The van der Waals surface area contributed by atoms with Crippen LogP contribution < -0.4 is 5.32 Å². The van der Waals surface area contributed by atoms with Crippen molar-refractivity contribution < 1.29 is 5.11 Å². The van der Waals surface area contributed by atoms with Crippen molar-refractivity contribution in [1.82, 2.24) is 0 Å². The van der Waals surface area contributed by atoms with Gasteiger partial charge in [0.05, 0.1) is 3.57 Å². The van der Waals surface area contributed by atoms with Gasteiger partial charge >= 0.3 is 0 Å². The van der Waals surface area contributed by atoms with Crippen molar-refractivity contribution in [3.05, 3.63) is 54.7 Å². The minimum atomic E-state index is 0.371. The molecule has 0 spiro atoms. The number of hydrogen-bond acceptors (Lipinski definition) is 2. The number of phenols is 1. The number of aromatic hydroxyl groups is 1. The minimum absolute atomic E-state index is 0.371. The van der Waals surface area contributed by atoms with Gasteiger partial charge < -0.3 is 10.4 Å². The van der Waals surface area contributed by atoms with E-state index >= 15 is 0 Å². The quantitative estimate of drug-likeness (QED) is 0.654. The van der Waals surface area contributed by atoms with E-state index in [1.807, 2.05) is 24.3 Å². The number of anilines is 1. The maximum absolute atomic E-state index is 10.0. The monoisotopic (exact) mass is 465 g/mol. The van der Waals surface area contributed by atoms with Crippen LogP contribution in [0.4, 0.5) is 5.69 Å². The Bertz CT molecular complexity index is 570. The number of benzene rings is 2. The van der Waals surface area contributed by atoms with Crippen LogP contribution in [-0.4, -0.2) is 5.11 Å². The Labute approximate surface area is 134 Å². The first-order valence-corrected chi connectivity index (χ1v) is 7.69. The van der Waals surface area contributed by atoms with Gasteiger partial charge in [0, 0.05) is 21.4 Å². The zero-order chi connectivity index (χ0) is 13.1. The van der Waals surface area contributed by atoms with E-state index in [1.54, 1.807) is 0 Å². The predicted molar refractivity (Wildman–Crippen MR) is 92.0 cm³/mol. The van der Waals surface area contributed by atoms with E-state index in [4.69, 9.17) is 0 Å². The first-order valence-electron chi connectivity index (χ1n) is 5.53. The van der Waals surface area contributed by atoms with E-state index in [-0.39, 0.29) is 0 Å². The van der Waals surface area contributed by atoms with Gasteiger partial charge in [0.15, 0.2) is 0 Å². The van der Waals surface area contributed by atoms with Crippen LogP contribution in [0.5, 0.6) is 5.75 Å². The summed E-state index contributed by atoms with van der Waals surface area (Å²) in [6, 6.07) is 12.2. The third kappa shape index (κ3) is 3.50. The number of phenolic OH excluding ortho intramolecular Hbond substituents is 1. The van der Waals surface area contributed by atoms with Gasteiger partial charge in [-0.3, -0.25) is 0 Å². The molecule has 0 saturated carbocycles. The van der Waals surface area contributed by atoms with Gasteiger partial charge in [-0.05, 0) is 81.9 Å². The molecule has 2 aromatic carbocycles. The molecule has 4 heteroatoms. The maximum atomic E-state index is 10.0. The van der Waals surface area contributed by atoms with E-state index in [1.165, 1.54) is 5.56 Å². The van der Waals surface area contributed by atoms with E-state index in [0.717, 1.165) is 18.4 Å². The molecule has 0 aliphatic heterocycles. The molecule has 0 aliphatic carbocycles. The Kier molecular flexibility index (Phi) is 4.71. The van der Waals surface area contributed by atoms with Gasteiger partial charge in [0.25, 0.3) is 0 Å². The number of aryl methyl sites for hydroxylation is 1. The van der Waals surface area contributed by atoms with Crippen molar-refractivity contribution in [3.63, 3.8) is 0 Å². The number of hydrogen-bond donors (Lipinski definition) is 2. The van der Waals surface area contributed by atoms with Gasteiger partial charge in [-0.25, -0.2) is 0 Å². The summed E-state index contributed by atoms with van der Waals surface area (Å²) in [5.41, 5.74) is 3.22. The lowest BCUT2D eigenvalue weighted by molar-refractivity contribution is 0.465. The smallest absolute Gasteiger partial charge is 0.133 e. The highest BCUT2D eigenvalue weighted by molar-refractivity contribution is 14.1. The molecule has 0 fully saturated rings. The molecule has 2 aromatic rings. The number of rotatable bonds is 3. The number of halogens is 2. The molecule has 0 heterocycles. The molecule has 2 N–H and O–H groups in total. The van der Waals surface area contributed by atoms with E-state index in [0.29, 0.717) is 12.3 Å². The molecule has 0 bridgehead atoms. The van der Waals surface area contributed by atoms with Crippen LogP contribution in [0.1, 0.15) is 11.1 Å². The molecule has 0 atom stereocenters. The third-order valence-electron chi connectivity index (χ3n) is 2.61. The molecule has 0 unspecified atom stereocenters. The van der Waals surface area contributed by atoms with Gasteiger partial charge in [-0.2, -0.15) is 0 Å². The largest absolute Gasteiger partial charge is 0.506 e. The van der Waals surface area contributed by atoms with Crippen molar-refractivity contribution >= 4 is 50.9 Å². The second kappa shape index (κ2) is 6.10. The summed E-state index contributed by atoms with van der Waals surface area (Å²) >= 11 is 4.42. The Morgan fingerprint density at radius 1 is 1.17 bits per heavy atom. The molecule has 94 valence electrons. The normalized spacial score (nSPS) is 10.4. The maximum Gasteiger partial charge on any atom is 0.133 e. The second-order valence-electron chi connectivity index (χ2n) is 4.12. The van der Waals surface area contributed by atoms with E-state index < -0.39 is 0 Å². The molecule has 18 heavy (non-hydrogen) atoms. The van der Waals surface area contributed by atoms with Crippen molar-refractivity contribution in [2.24, 2.45) is 0 Å². The molecule has 0 amide bonds. The van der Waals surface area contributed by atoms with Crippen LogP contribution in [0.3, 0.4) is 0 Å². The lowest BCUT2D eigenvalue weighted by Gasteiger charge is -2.10. The van der Waals surface area contributed by atoms with E-state index in [9.17, 15) is 5.11 Å². The highest BCUT2D eigenvalue weighted by atomic mass is 127. The van der Waals surface area contributed by atoms with Crippen LogP contribution in [-0.2, 0) is 6.54 Å². The van der Waals surface area contributed by atoms with Crippen LogP contribution in [0, 0.1) is 14.1 Å². The fourth-order valence-corrected chi connectivity index (χ4v) is 3.67. The average Bonchev–Trinajstić information content (AvgIpc) is 2.32. The van der Waals surface area contributed by atoms with E-state index in [2.05, 4.69) is 69.6 Å². The fraction of sp³-hybridized carbons (Fsp3) is 0.143. The average molecular weight is 465 g/mol. The summed E-state index contributed by atoms with van der Waals surface area (Å²) in [4.78, 5) is 0. The second-order valence-corrected chi connectivity index (χ2v) is 6.53. The van der Waals surface area contributed by atoms with Crippen molar-refractivity contribution in [1.29, 1.82) is 0 Å². The lowest BCUT2D eigenvalue weighted by atomic mass is 10.2. The van der Waals surface area contributed by atoms with Gasteiger partial charge in [-0.15, -0.1) is 0 Å². The molecule has 2 rings (SSSR count). The topological polar surface area (TPSA) is 32.3 Å². The van der Waals surface area contributed by atoms with Crippen molar-refractivity contribution in [3.8, 4) is 5.75 Å². The highest BCUT2D eigenvalue weighted by Crippen LogP contribution is 2.27. The Hall–Kier alpha value is -0.500. The van der Waals surface area contributed by atoms with Crippen molar-refractivity contribution in [2.45, 2.75) is 13.5 Å². The standard InChI is InChI=1S/C14H13I2NO/c1-9-3-2-4-12(5-9)17-8-10-6-11(15)7-13(16)14(10)18/h2-7,17-18H,8H2,1H3. The van der Waals surface area contributed by atoms with Crippen LogP contribution in [0.2, 0.25) is 0 Å². The van der Waals surface area contributed by atoms with Gasteiger partial charge in [0.1, 0.15) is 5.75 Å². The summed E-state index contributed by atoms with van der Waals surface area (Å²) in [5, 5.41) is 13.3. The SMILES string of the molecule is Cc1cccc(NCc2cc(I)cc(I)c2O)c1. The molecule has 0 aliphatic rings. The lowest BCUT2D eigenvalue weighted by Crippen LogP contribution is -2.01. The van der Waals surface area contributed by atoms with Crippen LogP contribution >= 0.6 is 45.2 Å². The van der Waals surface area contributed by atoms with Crippen molar-refractivity contribution in [2.75, 3.05) is 5.32 Å². The molecule has 2 nitrogen and oxygen atoms in total. The summed E-state index contributed by atoms with van der Waals surface area (Å²) in [6.07, 6.45) is 0. The zero-order valence-corrected chi connectivity index (χ0v) is 14.2. The first kappa shape index (κ1) is 13.9. The molecule has 0 saturated heterocycles. The molecular formula is C14H13I2NO. The predicted octanol–water partition coefficient (Wildman–Crippen LogP) is 4.52. The summed E-state index contributed by atoms with van der Waals surface area (Å²) in [5.74, 6) is 0.371. The Balaban J connectivity index is 2.15. The minimum Gasteiger partial charge on any atom is -0.506 e. The summed E-state index contributed by atoms with van der Waals surface area (Å²) < 4.78 is 2.02. The first-order chi connectivity index (χ1) is 8.56. The Morgan fingerprint density at radius 3 is 2.67 bits per heavy atom. The number of nitrogens with one attached hydrogen (secondary N) is 1. The fourth-order valence-electron chi connectivity index (χ4n) is 1.71. The molecule has 0 radical (unpaired) electrons. The highest BCUT2D eigenvalue weighted by Gasteiger charge is 2.07. The Morgan fingerprint density at radius 2 is 1.94 bits per heavy atom. The van der Waals surface area contributed by atoms with Gasteiger partial charge in [-0.1, -0.05) is 12.1 Å². The molecule has 0 aromatic heterocycles. The van der Waals surface area contributed by atoms with Crippen LogP contribution in [0.25, 0.3) is 0 Å². The van der Waals surface area contributed by atoms with Crippen LogP contribution in [0.15, 0.2) is 36.4 Å². The van der Waals surface area contributed by atoms with Gasteiger partial charge in [0.2, 0.25) is 0 Å². The third-order valence-corrected chi connectivity index (χ3v) is 4.05. The zero-order valence-electron chi connectivity index (χ0n) is 9.87.